The molecule has 3 nitrogen and oxygen atoms in total. The van der Waals surface area contributed by atoms with Gasteiger partial charge in [0.15, 0.2) is 0 Å². The number of hydrogen-bond acceptors (Lipinski definition) is 3. The van der Waals surface area contributed by atoms with E-state index in [2.05, 4.69) is 18.3 Å². The van der Waals surface area contributed by atoms with Gasteiger partial charge in [-0.15, -0.1) is 0 Å². The maximum atomic E-state index is 12.2. The molecule has 1 heterocycles. The van der Waals surface area contributed by atoms with Crippen LogP contribution in [0.15, 0.2) is 47.5 Å². The lowest BCUT2D eigenvalue weighted by Crippen LogP contribution is -2.24. The quantitative estimate of drug-likeness (QED) is 0.565. The van der Waals surface area contributed by atoms with Gasteiger partial charge in [-0.1, -0.05) is 59.2 Å². The van der Waals surface area contributed by atoms with Crippen molar-refractivity contribution in [2.24, 2.45) is 0 Å². The van der Waals surface area contributed by atoms with Gasteiger partial charge in [-0.25, -0.2) is 4.98 Å². The van der Waals surface area contributed by atoms with Crippen molar-refractivity contribution in [2.45, 2.75) is 25.4 Å². The molecule has 0 atom stereocenters. The van der Waals surface area contributed by atoms with E-state index in [1.165, 1.54) is 11.8 Å². The fourth-order valence-electron chi connectivity index (χ4n) is 2.65. The topological polar surface area (TPSA) is 42.0 Å². The first kappa shape index (κ1) is 19.0. The summed E-state index contributed by atoms with van der Waals surface area (Å²) >= 11 is 13.4. The minimum Gasteiger partial charge on any atom is -0.351 e. The Morgan fingerprint density at radius 1 is 1.12 bits per heavy atom. The molecule has 6 heteroatoms. The Kier molecular flexibility index (Phi) is 6.07. The molecule has 3 aromatic rings. The van der Waals surface area contributed by atoms with Gasteiger partial charge in [0, 0.05) is 22.0 Å². The largest absolute Gasteiger partial charge is 0.351 e. The number of halogens is 2. The molecule has 0 radical (unpaired) electrons. The van der Waals surface area contributed by atoms with Crippen LogP contribution in [-0.2, 0) is 11.3 Å². The van der Waals surface area contributed by atoms with Crippen LogP contribution in [0.3, 0.4) is 0 Å². The van der Waals surface area contributed by atoms with E-state index in [0.29, 0.717) is 22.3 Å². The molecule has 0 unspecified atom stereocenters. The summed E-state index contributed by atoms with van der Waals surface area (Å²) in [4.78, 5) is 16.9. The number of fused-ring (bicyclic) bond motifs is 1. The molecule has 0 fully saturated rings. The zero-order valence-electron chi connectivity index (χ0n) is 14.5. The van der Waals surface area contributed by atoms with Crippen molar-refractivity contribution < 1.29 is 4.79 Å². The number of aryl methyl sites for hydroxylation is 2. The van der Waals surface area contributed by atoms with Crippen LogP contribution in [0.5, 0.6) is 0 Å². The minimum absolute atomic E-state index is 0.0645. The number of thioether (sulfide) groups is 1. The van der Waals surface area contributed by atoms with E-state index in [-0.39, 0.29) is 5.91 Å². The van der Waals surface area contributed by atoms with Crippen LogP contribution < -0.4 is 5.32 Å². The lowest BCUT2D eigenvalue weighted by molar-refractivity contribution is -0.118. The Labute approximate surface area is 167 Å². The molecule has 2 aromatic carbocycles. The second-order valence-corrected chi connectivity index (χ2v) is 7.89. The van der Waals surface area contributed by atoms with Gasteiger partial charge < -0.3 is 5.32 Å². The number of para-hydroxylation sites is 1. The third-order valence-electron chi connectivity index (χ3n) is 4.07. The smallest absolute Gasteiger partial charge is 0.230 e. The van der Waals surface area contributed by atoms with Gasteiger partial charge in [-0.05, 0) is 48.7 Å². The van der Waals surface area contributed by atoms with E-state index >= 15 is 0 Å². The third-order valence-corrected chi connectivity index (χ3v) is 5.57. The maximum absolute atomic E-state index is 12.2. The van der Waals surface area contributed by atoms with Gasteiger partial charge in [0.25, 0.3) is 0 Å². The highest BCUT2D eigenvalue weighted by atomic mass is 35.5. The highest BCUT2D eigenvalue weighted by Gasteiger charge is 2.09. The summed E-state index contributed by atoms with van der Waals surface area (Å²) in [6.07, 6.45) is 0. The number of nitrogens with one attached hydrogen (secondary N) is 1. The number of pyridine rings is 1. The number of carbonyl (C=O) groups excluding carboxylic acids is 1. The Balaban J connectivity index is 1.62. The molecule has 0 bridgehead atoms. The van der Waals surface area contributed by atoms with Crippen LogP contribution in [0, 0.1) is 13.8 Å². The molecule has 26 heavy (non-hydrogen) atoms. The Morgan fingerprint density at radius 3 is 2.69 bits per heavy atom. The van der Waals surface area contributed by atoms with E-state index in [9.17, 15) is 4.79 Å². The standard InChI is InChI=1S/C20H18Cl2N2OS/c1-12-4-3-5-16-13(2)8-19(24-20(12)16)26-11-18(25)23-10-14-6-7-15(21)9-17(14)22/h3-9H,10-11H2,1-2H3,(H,23,25). The lowest BCUT2D eigenvalue weighted by atomic mass is 10.1. The molecule has 1 aromatic heterocycles. The molecule has 1 amide bonds. The van der Waals surface area contributed by atoms with Crippen LogP contribution in [0.4, 0.5) is 0 Å². The number of hydrogen-bond donors (Lipinski definition) is 1. The van der Waals surface area contributed by atoms with Crippen LogP contribution in [0.2, 0.25) is 10.0 Å². The predicted octanol–water partition coefficient (Wildman–Crippen LogP) is 5.57. The summed E-state index contributed by atoms with van der Waals surface area (Å²) in [6, 6.07) is 13.4. The first-order chi connectivity index (χ1) is 12.4. The van der Waals surface area contributed by atoms with Gasteiger partial charge in [0.2, 0.25) is 5.91 Å². The molecule has 3 rings (SSSR count). The van der Waals surface area contributed by atoms with Crippen molar-refractivity contribution in [1.29, 1.82) is 0 Å². The number of carbonyl (C=O) groups is 1. The molecule has 1 N–H and O–H groups in total. The van der Waals surface area contributed by atoms with Crippen molar-refractivity contribution in [3.8, 4) is 0 Å². The summed E-state index contributed by atoms with van der Waals surface area (Å²) in [7, 11) is 0. The fraction of sp³-hybridized carbons (Fsp3) is 0.200. The van der Waals surface area contributed by atoms with E-state index in [4.69, 9.17) is 28.2 Å². The summed E-state index contributed by atoms with van der Waals surface area (Å²) in [6.45, 7) is 4.49. The zero-order valence-corrected chi connectivity index (χ0v) is 16.8. The Bertz CT molecular complexity index is 975. The average molecular weight is 405 g/mol. The number of rotatable bonds is 5. The first-order valence-electron chi connectivity index (χ1n) is 8.14. The molecule has 134 valence electrons. The summed E-state index contributed by atoms with van der Waals surface area (Å²) in [5.41, 5.74) is 4.12. The monoisotopic (exact) mass is 404 g/mol. The molecule has 0 saturated carbocycles. The SMILES string of the molecule is Cc1cc(SCC(=O)NCc2ccc(Cl)cc2Cl)nc2c(C)cccc12. The molecule has 0 aliphatic heterocycles. The van der Waals surface area contributed by atoms with E-state index in [0.717, 1.165) is 32.6 Å². The van der Waals surface area contributed by atoms with E-state index in [1.807, 2.05) is 31.2 Å². The van der Waals surface area contributed by atoms with Gasteiger partial charge in [-0.3, -0.25) is 4.79 Å². The Hall–Kier alpha value is -1.75. The molecule has 0 spiro atoms. The minimum atomic E-state index is -0.0645. The van der Waals surface area contributed by atoms with Crippen LogP contribution in [0.1, 0.15) is 16.7 Å². The van der Waals surface area contributed by atoms with E-state index < -0.39 is 0 Å². The normalized spacial score (nSPS) is 10.9. The molecular weight excluding hydrogens is 387 g/mol. The van der Waals surface area contributed by atoms with E-state index in [1.54, 1.807) is 12.1 Å². The number of nitrogens with zero attached hydrogens (tertiary/aromatic N) is 1. The number of benzene rings is 2. The van der Waals surface area contributed by atoms with Crippen LogP contribution in [-0.4, -0.2) is 16.6 Å². The fourth-order valence-corrected chi connectivity index (χ4v) is 3.93. The molecule has 0 aliphatic rings. The summed E-state index contributed by atoms with van der Waals surface area (Å²) in [5.74, 6) is 0.236. The van der Waals surface area contributed by atoms with Crippen molar-refractivity contribution in [3.63, 3.8) is 0 Å². The van der Waals surface area contributed by atoms with Crippen molar-refractivity contribution in [2.75, 3.05) is 5.75 Å². The third kappa shape index (κ3) is 4.50. The first-order valence-corrected chi connectivity index (χ1v) is 9.88. The van der Waals surface area contributed by atoms with Gasteiger partial charge in [0.1, 0.15) is 0 Å². The number of aromatic nitrogens is 1. The average Bonchev–Trinajstić information content (AvgIpc) is 2.60. The second-order valence-electron chi connectivity index (χ2n) is 6.05. The summed E-state index contributed by atoms with van der Waals surface area (Å²) < 4.78 is 0. The zero-order chi connectivity index (χ0) is 18.7. The van der Waals surface area contributed by atoms with Crippen LogP contribution in [0.25, 0.3) is 10.9 Å². The van der Waals surface area contributed by atoms with Crippen molar-refractivity contribution >= 4 is 51.8 Å². The Morgan fingerprint density at radius 2 is 1.92 bits per heavy atom. The van der Waals surface area contributed by atoms with Crippen molar-refractivity contribution in [1.82, 2.24) is 10.3 Å². The molecule has 0 aliphatic carbocycles. The highest BCUT2D eigenvalue weighted by molar-refractivity contribution is 7.99. The maximum Gasteiger partial charge on any atom is 0.230 e. The van der Waals surface area contributed by atoms with Gasteiger partial charge >= 0.3 is 0 Å². The summed E-state index contributed by atoms with van der Waals surface area (Å²) in [5, 5.41) is 6.00. The molecular formula is C20H18Cl2N2OS. The van der Waals surface area contributed by atoms with Crippen molar-refractivity contribution in [3.05, 3.63) is 69.2 Å². The molecule has 0 saturated heterocycles. The lowest BCUT2D eigenvalue weighted by Gasteiger charge is -2.09. The van der Waals surface area contributed by atoms with Crippen LogP contribution >= 0.6 is 35.0 Å². The second kappa shape index (κ2) is 8.30. The number of amides is 1. The van der Waals surface area contributed by atoms with Gasteiger partial charge in [0.05, 0.1) is 16.3 Å². The van der Waals surface area contributed by atoms with Gasteiger partial charge in [-0.2, -0.15) is 0 Å². The highest BCUT2D eigenvalue weighted by Crippen LogP contribution is 2.25. The predicted molar refractivity (Wildman–Crippen MR) is 110 cm³/mol.